The molecule has 0 radical (unpaired) electrons. The smallest absolute Gasteiger partial charge is 0.324 e. The summed E-state index contributed by atoms with van der Waals surface area (Å²) in [6.07, 6.45) is -2.83. The van der Waals surface area contributed by atoms with E-state index in [1.165, 1.54) is 11.3 Å². The van der Waals surface area contributed by atoms with Crippen molar-refractivity contribution in [3.8, 4) is 11.3 Å². The lowest BCUT2D eigenvalue weighted by Gasteiger charge is -2.10. The number of nitrogens with one attached hydrogen (secondary N) is 1. The van der Waals surface area contributed by atoms with Crippen molar-refractivity contribution < 1.29 is 18.0 Å². The Morgan fingerprint density at radius 2 is 2.00 bits per heavy atom. The molecule has 0 spiro atoms. The van der Waals surface area contributed by atoms with Gasteiger partial charge in [-0.15, -0.1) is 11.3 Å². The molecule has 0 aliphatic carbocycles. The highest BCUT2D eigenvalue weighted by molar-refractivity contribution is 7.11. The minimum Gasteiger partial charge on any atom is -0.324 e. The molecule has 0 atom stereocenters. The monoisotopic (exact) mass is 364 g/mol. The maximum absolute atomic E-state index is 12.7. The highest BCUT2D eigenvalue weighted by atomic mass is 32.1. The van der Waals surface area contributed by atoms with Crippen molar-refractivity contribution in [2.24, 2.45) is 0 Å². The summed E-state index contributed by atoms with van der Waals surface area (Å²) in [6.45, 7) is 1.84. The van der Waals surface area contributed by atoms with E-state index in [4.69, 9.17) is 0 Å². The highest BCUT2D eigenvalue weighted by Gasteiger charge is 2.32. The molecule has 9 heteroatoms. The number of anilines is 2. The van der Waals surface area contributed by atoms with Crippen molar-refractivity contribution in [2.45, 2.75) is 13.1 Å². The number of carbonyl (C=O) groups excluding carboxylic acids is 1. The van der Waals surface area contributed by atoms with Gasteiger partial charge in [-0.1, -0.05) is 0 Å². The Morgan fingerprint density at radius 3 is 2.68 bits per heavy atom. The zero-order valence-corrected chi connectivity index (χ0v) is 13.6. The predicted molar refractivity (Wildman–Crippen MR) is 88.0 cm³/mol. The number of rotatable bonds is 4. The summed E-state index contributed by atoms with van der Waals surface area (Å²) >= 11 is 1.22. The maximum Gasteiger partial charge on any atom is 0.433 e. The summed E-state index contributed by atoms with van der Waals surface area (Å²) in [5.74, 6) is -0.154. The molecule has 128 valence electrons. The van der Waals surface area contributed by atoms with Gasteiger partial charge in [-0.25, -0.2) is 15.0 Å². The fourth-order valence-corrected chi connectivity index (χ4v) is 2.81. The molecule has 3 rings (SSSR count). The van der Waals surface area contributed by atoms with Crippen LogP contribution in [0.25, 0.3) is 11.3 Å². The lowest BCUT2D eigenvalue weighted by atomic mass is 10.1. The van der Waals surface area contributed by atoms with Crippen LogP contribution >= 0.6 is 11.3 Å². The molecule has 2 heterocycles. The standard InChI is InChI=1S/C16H11F3N4OS/c1-9-4-10(12-8-25-14(7-24)22-12)6-11(5-9)21-15-20-3-2-13(23-15)16(17,18)19/h2-8H,1H3,(H,20,21,23). The van der Waals surface area contributed by atoms with Crippen LogP contribution in [0.15, 0.2) is 35.8 Å². The first-order chi connectivity index (χ1) is 11.8. The number of aryl methyl sites for hydroxylation is 1. The second kappa shape index (κ2) is 6.60. The third-order valence-electron chi connectivity index (χ3n) is 3.20. The van der Waals surface area contributed by atoms with E-state index >= 15 is 0 Å². The molecule has 1 N–H and O–H groups in total. The van der Waals surface area contributed by atoms with Crippen molar-refractivity contribution in [3.63, 3.8) is 0 Å². The van der Waals surface area contributed by atoms with Crippen LogP contribution in [0, 0.1) is 6.92 Å². The second-order valence-corrected chi connectivity index (χ2v) is 6.05. The van der Waals surface area contributed by atoms with Crippen LogP contribution < -0.4 is 5.32 Å². The first-order valence-electron chi connectivity index (χ1n) is 7.05. The fourth-order valence-electron chi connectivity index (χ4n) is 2.18. The first kappa shape index (κ1) is 17.0. The molecule has 0 saturated carbocycles. The summed E-state index contributed by atoms with van der Waals surface area (Å²) in [4.78, 5) is 22.2. The number of thiazole rings is 1. The average molecular weight is 364 g/mol. The fraction of sp³-hybridized carbons (Fsp3) is 0.125. The Labute approximate surface area is 144 Å². The Hall–Kier alpha value is -2.81. The van der Waals surface area contributed by atoms with Gasteiger partial charge in [-0.2, -0.15) is 13.2 Å². The Bertz CT molecular complexity index is 924. The number of alkyl halides is 3. The molecule has 5 nitrogen and oxygen atoms in total. The van der Waals surface area contributed by atoms with Gasteiger partial charge in [0, 0.05) is 22.8 Å². The van der Waals surface area contributed by atoms with Gasteiger partial charge in [0.15, 0.2) is 11.3 Å². The van der Waals surface area contributed by atoms with E-state index in [2.05, 4.69) is 20.3 Å². The van der Waals surface area contributed by atoms with Gasteiger partial charge in [-0.05, 0) is 36.8 Å². The molecule has 0 aliphatic rings. The average Bonchev–Trinajstić information content (AvgIpc) is 3.03. The summed E-state index contributed by atoms with van der Waals surface area (Å²) in [6, 6.07) is 6.13. The SMILES string of the molecule is Cc1cc(Nc2nccc(C(F)(F)F)n2)cc(-c2csc(C=O)n2)c1. The third-order valence-corrected chi connectivity index (χ3v) is 3.97. The Kier molecular flexibility index (Phi) is 4.49. The number of nitrogens with zero attached hydrogens (tertiary/aromatic N) is 3. The largest absolute Gasteiger partial charge is 0.433 e. The lowest BCUT2D eigenvalue weighted by molar-refractivity contribution is -0.141. The van der Waals surface area contributed by atoms with E-state index in [1.54, 1.807) is 17.5 Å². The molecule has 0 saturated heterocycles. The molecule has 0 fully saturated rings. The van der Waals surface area contributed by atoms with Gasteiger partial charge < -0.3 is 5.32 Å². The quantitative estimate of drug-likeness (QED) is 0.691. The van der Waals surface area contributed by atoms with Crippen molar-refractivity contribution in [3.05, 3.63) is 52.1 Å². The molecule has 0 aliphatic heterocycles. The zero-order valence-electron chi connectivity index (χ0n) is 12.8. The molecule has 1 aromatic carbocycles. The minimum atomic E-state index is -4.54. The van der Waals surface area contributed by atoms with E-state index in [-0.39, 0.29) is 5.95 Å². The van der Waals surface area contributed by atoms with E-state index in [0.717, 1.165) is 23.4 Å². The van der Waals surface area contributed by atoms with E-state index < -0.39 is 11.9 Å². The molecule has 25 heavy (non-hydrogen) atoms. The molecule has 0 amide bonds. The van der Waals surface area contributed by atoms with Gasteiger partial charge in [0.05, 0.1) is 5.69 Å². The number of aromatic nitrogens is 3. The summed E-state index contributed by atoms with van der Waals surface area (Å²) in [5, 5.41) is 4.87. The number of hydrogen-bond donors (Lipinski definition) is 1. The van der Waals surface area contributed by atoms with Gasteiger partial charge in [0.1, 0.15) is 5.69 Å². The Balaban J connectivity index is 1.92. The van der Waals surface area contributed by atoms with Gasteiger partial charge >= 0.3 is 6.18 Å². The van der Waals surface area contributed by atoms with Crippen LogP contribution in [-0.4, -0.2) is 21.2 Å². The maximum atomic E-state index is 12.7. The van der Waals surface area contributed by atoms with Crippen LogP contribution in [0.1, 0.15) is 21.1 Å². The second-order valence-electron chi connectivity index (χ2n) is 5.16. The van der Waals surface area contributed by atoms with E-state index in [1.807, 2.05) is 13.0 Å². The molecule has 0 unspecified atom stereocenters. The van der Waals surface area contributed by atoms with Crippen LogP contribution in [-0.2, 0) is 6.18 Å². The third kappa shape index (κ3) is 4.00. The molecule has 0 bridgehead atoms. The number of hydrogen-bond acceptors (Lipinski definition) is 6. The number of benzene rings is 1. The van der Waals surface area contributed by atoms with Gasteiger partial charge in [-0.3, -0.25) is 4.79 Å². The minimum absolute atomic E-state index is 0.154. The highest BCUT2D eigenvalue weighted by Crippen LogP contribution is 2.29. The van der Waals surface area contributed by atoms with Crippen molar-refractivity contribution in [1.29, 1.82) is 0 Å². The van der Waals surface area contributed by atoms with Crippen LogP contribution in [0.4, 0.5) is 24.8 Å². The summed E-state index contributed by atoms with van der Waals surface area (Å²) in [5.41, 5.74) is 1.72. The molecular weight excluding hydrogens is 353 g/mol. The van der Waals surface area contributed by atoms with Crippen LogP contribution in [0.3, 0.4) is 0 Å². The topological polar surface area (TPSA) is 67.8 Å². The molecular formula is C16H11F3N4OS. The lowest BCUT2D eigenvalue weighted by Crippen LogP contribution is -2.10. The summed E-state index contributed by atoms with van der Waals surface area (Å²) in [7, 11) is 0. The number of aldehydes is 1. The Morgan fingerprint density at radius 1 is 1.20 bits per heavy atom. The van der Waals surface area contributed by atoms with Crippen LogP contribution in [0.5, 0.6) is 0 Å². The van der Waals surface area contributed by atoms with Crippen molar-refractivity contribution >= 4 is 29.3 Å². The molecule has 2 aromatic heterocycles. The normalized spacial score (nSPS) is 11.4. The van der Waals surface area contributed by atoms with Gasteiger partial charge in [0.2, 0.25) is 5.95 Å². The number of halogens is 3. The van der Waals surface area contributed by atoms with Crippen LogP contribution in [0.2, 0.25) is 0 Å². The predicted octanol–water partition coefficient (Wildman–Crippen LogP) is 4.48. The van der Waals surface area contributed by atoms with Gasteiger partial charge in [0.25, 0.3) is 0 Å². The zero-order chi connectivity index (χ0) is 18.0. The molecule has 3 aromatic rings. The number of carbonyl (C=O) groups is 1. The van der Waals surface area contributed by atoms with Crippen molar-refractivity contribution in [1.82, 2.24) is 15.0 Å². The summed E-state index contributed by atoms with van der Waals surface area (Å²) < 4.78 is 38.2. The van der Waals surface area contributed by atoms with E-state index in [9.17, 15) is 18.0 Å². The van der Waals surface area contributed by atoms with Crippen molar-refractivity contribution in [2.75, 3.05) is 5.32 Å². The first-order valence-corrected chi connectivity index (χ1v) is 7.93. The van der Waals surface area contributed by atoms with E-state index in [0.29, 0.717) is 22.7 Å².